The van der Waals surface area contributed by atoms with Gasteiger partial charge < -0.3 is 24.5 Å². The molecule has 0 saturated carbocycles. The third-order valence-corrected chi connectivity index (χ3v) is 3.48. The smallest absolute Gasteiger partial charge is 0.229 e. The summed E-state index contributed by atoms with van der Waals surface area (Å²) in [7, 11) is 0. The third kappa shape index (κ3) is 3.24. The maximum absolute atomic E-state index is 5.58. The first-order valence-corrected chi connectivity index (χ1v) is 7.63. The van der Waals surface area contributed by atoms with Crippen LogP contribution in [-0.2, 0) is 6.54 Å². The van der Waals surface area contributed by atoms with Crippen LogP contribution < -0.4 is 20.1 Å². The highest BCUT2D eigenvalue weighted by molar-refractivity contribution is 5.60. The Labute approximate surface area is 138 Å². The average Bonchev–Trinajstić information content (AvgIpc) is 3.14. The summed E-state index contributed by atoms with van der Waals surface area (Å²) in [5, 5.41) is 6.36. The molecule has 2 aromatic heterocycles. The van der Waals surface area contributed by atoms with Crippen molar-refractivity contribution < 1.29 is 13.9 Å². The number of hydrogen-bond donors (Lipinski definition) is 2. The van der Waals surface area contributed by atoms with E-state index in [4.69, 9.17) is 13.9 Å². The second kappa shape index (κ2) is 6.49. The van der Waals surface area contributed by atoms with Gasteiger partial charge in [0.05, 0.1) is 12.8 Å². The van der Waals surface area contributed by atoms with E-state index in [2.05, 4.69) is 20.6 Å². The molecule has 4 rings (SSSR count). The molecule has 0 unspecified atom stereocenters. The zero-order valence-corrected chi connectivity index (χ0v) is 12.9. The highest BCUT2D eigenvalue weighted by atomic mass is 16.6. The lowest BCUT2D eigenvalue weighted by molar-refractivity contribution is 0.171. The van der Waals surface area contributed by atoms with Crippen molar-refractivity contribution in [3.63, 3.8) is 0 Å². The second-order valence-corrected chi connectivity index (χ2v) is 5.18. The summed E-state index contributed by atoms with van der Waals surface area (Å²) in [5.41, 5.74) is 0.836. The molecule has 3 heterocycles. The molecule has 122 valence electrons. The van der Waals surface area contributed by atoms with Crippen LogP contribution in [0.25, 0.3) is 0 Å². The Kier molecular flexibility index (Phi) is 3.89. The summed E-state index contributed by atoms with van der Waals surface area (Å²) in [4.78, 5) is 8.67. The maximum Gasteiger partial charge on any atom is 0.229 e. The van der Waals surface area contributed by atoms with Gasteiger partial charge in [0.1, 0.15) is 24.8 Å². The van der Waals surface area contributed by atoms with E-state index in [1.807, 2.05) is 30.3 Å². The van der Waals surface area contributed by atoms with Crippen LogP contribution >= 0.6 is 0 Å². The van der Waals surface area contributed by atoms with E-state index in [0.717, 1.165) is 22.9 Å². The minimum atomic E-state index is 0.496. The number of furan rings is 1. The van der Waals surface area contributed by atoms with Crippen molar-refractivity contribution in [3.05, 3.63) is 54.6 Å². The Bertz CT molecular complexity index is 820. The molecule has 0 radical (unpaired) electrons. The molecule has 7 heteroatoms. The van der Waals surface area contributed by atoms with E-state index in [1.165, 1.54) is 0 Å². The predicted molar refractivity (Wildman–Crippen MR) is 88.8 cm³/mol. The quantitative estimate of drug-likeness (QED) is 0.746. The number of rotatable bonds is 5. The van der Waals surface area contributed by atoms with Gasteiger partial charge in [-0.1, -0.05) is 0 Å². The zero-order valence-electron chi connectivity index (χ0n) is 12.9. The van der Waals surface area contributed by atoms with Gasteiger partial charge in [0.25, 0.3) is 0 Å². The van der Waals surface area contributed by atoms with Gasteiger partial charge in [0.2, 0.25) is 5.95 Å². The fourth-order valence-corrected chi connectivity index (χ4v) is 2.36. The minimum absolute atomic E-state index is 0.496. The van der Waals surface area contributed by atoms with Crippen molar-refractivity contribution in [3.8, 4) is 11.5 Å². The molecule has 0 atom stereocenters. The summed E-state index contributed by atoms with van der Waals surface area (Å²) >= 11 is 0. The van der Waals surface area contributed by atoms with Gasteiger partial charge in [-0.3, -0.25) is 0 Å². The second-order valence-electron chi connectivity index (χ2n) is 5.18. The fourth-order valence-electron chi connectivity index (χ4n) is 2.36. The van der Waals surface area contributed by atoms with Crippen LogP contribution in [0.4, 0.5) is 17.5 Å². The number of nitrogens with zero attached hydrogens (tertiary/aromatic N) is 2. The van der Waals surface area contributed by atoms with E-state index in [-0.39, 0.29) is 0 Å². The molecule has 1 aliphatic rings. The van der Waals surface area contributed by atoms with Crippen LogP contribution in [0.2, 0.25) is 0 Å². The van der Waals surface area contributed by atoms with Gasteiger partial charge >= 0.3 is 0 Å². The number of fused-ring (bicyclic) bond motifs is 1. The number of ether oxygens (including phenoxy) is 2. The van der Waals surface area contributed by atoms with Gasteiger partial charge in [-0.25, -0.2) is 4.98 Å². The Balaban J connectivity index is 1.45. The van der Waals surface area contributed by atoms with Crippen LogP contribution in [0.5, 0.6) is 11.5 Å². The number of aromatic nitrogens is 2. The molecular weight excluding hydrogens is 308 g/mol. The average molecular weight is 324 g/mol. The number of nitrogens with one attached hydrogen (secondary N) is 2. The summed E-state index contributed by atoms with van der Waals surface area (Å²) in [6.07, 6.45) is 3.34. The van der Waals surface area contributed by atoms with E-state index >= 15 is 0 Å². The van der Waals surface area contributed by atoms with Crippen molar-refractivity contribution >= 4 is 17.5 Å². The third-order valence-electron chi connectivity index (χ3n) is 3.48. The van der Waals surface area contributed by atoms with Gasteiger partial charge in [-0.2, -0.15) is 4.98 Å². The van der Waals surface area contributed by atoms with Crippen molar-refractivity contribution in [2.45, 2.75) is 6.54 Å². The van der Waals surface area contributed by atoms with Gasteiger partial charge in [-0.15, -0.1) is 0 Å². The largest absolute Gasteiger partial charge is 0.486 e. The zero-order chi connectivity index (χ0) is 16.2. The molecule has 0 saturated heterocycles. The summed E-state index contributed by atoms with van der Waals surface area (Å²) < 4.78 is 16.4. The SMILES string of the molecule is c1coc(CNc2ccnc(Nc3ccc4c(c3)OCCO4)n2)c1. The van der Waals surface area contributed by atoms with Crippen LogP contribution in [0, 0.1) is 0 Å². The molecule has 1 aliphatic heterocycles. The normalized spacial score (nSPS) is 12.7. The molecule has 2 N–H and O–H groups in total. The van der Waals surface area contributed by atoms with Crippen LogP contribution in [-0.4, -0.2) is 23.2 Å². The van der Waals surface area contributed by atoms with Crippen LogP contribution in [0.15, 0.2) is 53.3 Å². The number of benzene rings is 1. The summed E-state index contributed by atoms with van der Waals surface area (Å²) in [6.45, 7) is 1.69. The summed E-state index contributed by atoms with van der Waals surface area (Å²) in [5.74, 6) is 3.52. The van der Waals surface area contributed by atoms with Gasteiger partial charge in [0.15, 0.2) is 11.5 Å². The van der Waals surface area contributed by atoms with Crippen molar-refractivity contribution in [2.75, 3.05) is 23.8 Å². The highest BCUT2D eigenvalue weighted by Crippen LogP contribution is 2.33. The number of hydrogen-bond acceptors (Lipinski definition) is 7. The minimum Gasteiger partial charge on any atom is -0.486 e. The topological polar surface area (TPSA) is 81.4 Å². The Morgan fingerprint density at radius 3 is 2.83 bits per heavy atom. The predicted octanol–water partition coefficient (Wildman–Crippen LogP) is 3.20. The van der Waals surface area contributed by atoms with Crippen LogP contribution in [0.1, 0.15) is 5.76 Å². The molecule has 3 aromatic rings. The summed E-state index contributed by atoms with van der Waals surface area (Å²) in [6, 6.07) is 11.2. The highest BCUT2D eigenvalue weighted by Gasteiger charge is 2.12. The van der Waals surface area contributed by atoms with E-state index in [0.29, 0.717) is 31.5 Å². The van der Waals surface area contributed by atoms with Crippen molar-refractivity contribution in [2.24, 2.45) is 0 Å². The molecule has 0 aliphatic carbocycles. The maximum atomic E-state index is 5.58. The molecule has 7 nitrogen and oxygen atoms in total. The first kappa shape index (κ1) is 14.4. The molecule has 24 heavy (non-hydrogen) atoms. The lowest BCUT2D eigenvalue weighted by Crippen LogP contribution is -2.15. The van der Waals surface area contributed by atoms with Gasteiger partial charge in [0, 0.05) is 18.0 Å². The van der Waals surface area contributed by atoms with E-state index < -0.39 is 0 Å². The first-order chi connectivity index (χ1) is 11.9. The lowest BCUT2D eigenvalue weighted by atomic mass is 10.2. The van der Waals surface area contributed by atoms with Crippen molar-refractivity contribution in [1.29, 1.82) is 0 Å². The Morgan fingerprint density at radius 1 is 1.04 bits per heavy atom. The van der Waals surface area contributed by atoms with Gasteiger partial charge in [-0.05, 0) is 30.3 Å². The molecule has 0 bridgehead atoms. The van der Waals surface area contributed by atoms with E-state index in [9.17, 15) is 0 Å². The first-order valence-electron chi connectivity index (χ1n) is 7.63. The lowest BCUT2D eigenvalue weighted by Gasteiger charge is -2.19. The monoisotopic (exact) mass is 324 g/mol. The Morgan fingerprint density at radius 2 is 1.96 bits per heavy atom. The molecular formula is C17H16N4O3. The standard InChI is InChI=1S/C17H16N4O3/c1-2-13(22-7-1)11-19-16-5-6-18-17(21-16)20-12-3-4-14-15(10-12)24-9-8-23-14/h1-7,10H,8-9,11H2,(H2,18,19,20,21). The fraction of sp³-hybridized carbons (Fsp3) is 0.176. The van der Waals surface area contributed by atoms with Crippen LogP contribution in [0.3, 0.4) is 0 Å². The molecule has 0 spiro atoms. The van der Waals surface area contributed by atoms with Crippen molar-refractivity contribution in [1.82, 2.24) is 9.97 Å². The van der Waals surface area contributed by atoms with E-state index in [1.54, 1.807) is 18.5 Å². The molecule has 0 fully saturated rings. The molecule has 1 aromatic carbocycles. The molecule has 0 amide bonds. The number of anilines is 3. The Hall–Kier alpha value is -3.22.